The van der Waals surface area contributed by atoms with E-state index < -0.39 is 26.5 Å². The zero-order valence-corrected chi connectivity index (χ0v) is 15.3. The van der Waals surface area contributed by atoms with Crippen LogP contribution in [0.3, 0.4) is 0 Å². The smallest absolute Gasteiger partial charge is 0.371 e. The third-order valence-corrected chi connectivity index (χ3v) is 4.63. The first-order valence-electron chi connectivity index (χ1n) is 7.48. The molecular formula is C15H15N3O7S2. The van der Waals surface area contributed by atoms with Crippen molar-refractivity contribution in [2.45, 2.75) is 12.3 Å². The molecule has 144 valence electrons. The van der Waals surface area contributed by atoms with E-state index in [0.717, 1.165) is 0 Å². The number of nitrogens with one attached hydrogen (secondary N) is 1. The summed E-state index contributed by atoms with van der Waals surface area (Å²) in [6, 6.07) is 10.2. The van der Waals surface area contributed by atoms with Crippen LogP contribution in [0, 0.1) is 0 Å². The number of benzene rings is 2. The molecule has 0 bridgehead atoms. The topological polar surface area (TPSA) is 168 Å². The lowest BCUT2D eigenvalue weighted by molar-refractivity contribution is -0.117. The number of anilines is 1. The Morgan fingerprint density at radius 2 is 1.44 bits per heavy atom. The molecular weight excluding hydrogens is 398 g/mol. The first-order chi connectivity index (χ1) is 12.5. The lowest BCUT2D eigenvalue weighted by Crippen LogP contribution is -2.28. The lowest BCUT2D eigenvalue weighted by Gasteiger charge is -2.25. The molecule has 0 spiro atoms. The standard InChI is InChI=1S/C15H15N3O7S2/c16-26(20,21)24-11-3-1-9(2-4-11)13-8-10-7-12(25-27(17,22)23)5-6-14(10)18-15(13)19/h1-7,13H,8H2,(H,18,19)(H2,16,20,21)(H2,17,22,23)/t13-/m0/s1. The highest BCUT2D eigenvalue weighted by Crippen LogP contribution is 2.34. The highest BCUT2D eigenvalue weighted by Gasteiger charge is 2.28. The Labute approximate surface area is 155 Å². The maximum atomic E-state index is 12.4. The number of hydrogen-bond donors (Lipinski definition) is 3. The molecule has 0 saturated heterocycles. The molecule has 0 fully saturated rings. The molecule has 1 atom stereocenters. The maximum absolute atomic E-state index is 12.4. The van der Waals surface area contributed by atoms with Crippen molar-refractivity contribution >= 4 is 32.2 Å². The van der Waals surface area contributed by atoms with Gasteiger partial charge in [-0.15, -0.1) is 0 Å². The quantitative estimate of drug-likeness (QED) is 0.626. The molecule has 5 N–H and O–H groups in total. The van der Waals surface area contributed by atoms with E-state index in [1.807, 2.05) is 0 Å². The van der Waals surface area contributed by atoms with Crippen molar-refractivity contribution < 1.29 is 30.0 Å². The molecule has 10 nitrogen and oxygen atoms in total. The summed E-state index contributed by atoms with van der Waals surface area (Å²) < 4.78 is 53.2. The Morgan fingerprint density at radius 1 is 0.889 bits per heavy atom. The minimum absolute atomic E-state index is 0.0155. The molecule has 1 heterocycles. The van der Waals surface area contributed by atoms with E-state index >= 15 is 0 Å². The van der Waals surface area contributed by atoms with Crippen LogP contribution in [0.5, 0.6) is 11.5 Å². The average Bonchev–Trinajstić information content (AvgIpc) is 2.52. The third-order valence-electron chi connectivity index (χ3n) is 3.78. The van der Waals surface area contributed by atoms with Gasteiger partial charge in [-0.25, -0.2) is 0 Å². The predicted molar refractivity (Wildman–Crippen MR) is 95.4 cm³/mol. The van der Waals surface area contributed by atoms with E-state index in [-0.39, 0.29) is 23.8 Å². The SMILES string of the molecule is NS(=O)(=O)Oc1ccc([C@@H]2Cc3cc(OS(N)(=O)=O)ccc3NC2=O)cc1. The molecule has 2 aromatic rings. The molecule has 0 saturated carbocycles. The zero-order valence-electron chi connectivity index (χ0n) is 13.7. The Bertz CT molecular complexity index is 1100. The van der Waals surface area contributed by atoms with Crippen molar-refractivity contribution in [1.29, 1.82) is 0 Å². The van der Waals surface area contributed by atoms with Gasteiger partial charge in [0.1, 0.15) is 11.5 Å². The molecule has 0 aromatic heterocycles. The number of rotatable bonds is 5. The fourth-order valence-corrected chi connectivity index (χ4v) is 3.49. The normalized spacial score (nSPS) is 17.0. The van der Waals surface area contributed by atoms with Crippen LogP contribution in [0.2, 0.25) is 0 Å². The van der Waals surface area contributed by atoms with Gasteiger partial charge in [-0.1, -0.05) is 12.1 Å². The fraction of sp³-hybridized carbons (Fsp3) is 0.133. The number of amides is 1. The second kappa shape index (κ2) is 6.81. The highest BCUT2D eigenvalue weighted by atomic mass is 32.2. The van der Waals surface area contributed by atoms with Crippen LogP contribution in [-0.2, 0) is 31.8 Å². The largest absolute Gasteiger partial charge is 0.380 e. The van der Waals surface area contributed by atoms with Crippen molar-refractivity contribution in [1.82, 2.24) is 0 Å². The average molecular weight is 413 g/mol. The molecule has 12 heteroatoms. The highest BCUT2D eigenvalue weighted by molar-refractivity contribution is 7.85. The molecule has 27 heavy (non-hydrogen) atoms. The third kappa shape index (κ3) is 4.95. The van der Waals surface area contributed by atoms with Crippen LogP contribution >= 0.6 is 0 Å². The van der Waals surface area contributed by atoms with Gasteiger partial charge in [0.05, 0.1) is 5.92 Å². The van der Waals surface area contributed by atoms with Crippen LogP contribution in [0.15, 0.2) is 42.5 Å². The Hall–Kier alpha value is -2.67. The van der Waals surface area contributed by atoms with Crippen molar-refractivity contribution in [2.75, 3.05) is 5.32 Å². The molecule has 0 aliphatic carbocycles. The van der Waals surface area contributed by atoms with Crippen molar-refractivity contribution in [3.63, 3.8) is 0 Å². The molecule has 1 aliphatic heterocycles. The first-order valence-corrected chi connectivity index (χ1v) is 10.4. The number of hydrogen-bond acceptors (Lipinski definition) is 7. The monoisotopic (exact) mass is 413 g/mol. The van der Waals surface area contributed by atoms with Crippen molar-refractivity contribution in [3.8, 4) is 11.5 Å². The fourth-order valence-electron chi connectivity index (χ4n) is 2.74. The van der Waals surface area contributed by atoms with Crippen LogP contribution in [0.4, 0.5) is 5.69 Å². The summed E-state index contributed by atoms with van der Waals surface area (Å²) in [5.74, 6) is -0.793. The second-order valence-electron chi connectivity index (χ2n) is 5.79. The number of nitrogens with two attached hydrogens (primary N) is 2. The van der Waals surface area contributed by atoms with Crippen LogP contribution < -0.4 is 24.0 Å². The van der Waals surface area contributed by atoms with E-state index in [1.54, 1.807) is 12.1 Å². The van der Waals surface area contributed by atoms with Gasteiger partial charge in [0, 0.05) is 5.69 Å². The predicted octanol–water partition coefficient (Wildman–Crippen LogP) is 0.130. The van der Waals surface area contributed by atoms with Gasteiger partial charge in [-0.05, 0) is 47.9 Å². The molecule has 2 aromatic carbocycles. The second-order valence-corrected chi connectivity index (χ2v) is 8.09. The minimum atomic E-state index is -4.16. The van der Waals surface area contributed by atoms with Gasteiger partial charge >= 0.3 is 20.6 Å². The van der Waals surface area contributed by atoms with Gasteiger partial charge in [0.2, 0.25) is 5.91 Å². The molecule has 1 aliphatic rings. The molecule has 1 amide bonds. The summed E-state index contributed by atoms with van der Waals surface area (Å²) in [5, 5.41) is 12.4. The van der Waals surface area contributed by atoms with Gasteiger partial charge in [-0.2, -0.15) is 27.1 Å². The van der Waals surface area contributed by atoms with E-state index in [4.69, 9.17) is 10.3 Å². The number of carbonyl (C=O) groups is 1. The van der Waals surface area contributed by atoms with Crippen molar-refractivity contribution in [2.24, 2.45) is 10.3 Å². The van der Waals surface area contributed by atoms with E-state index in [1.165, 1.54) is 30.3 Å². The van der Waals surface area contributed by atoms with E-state index in [9.17, 15) is 21.6 Å². The minimum Gasteiger partial charge on any atom is -0.371 e. The summed E-state index contributed by atoms with van der Waals surface area (Å²) >= 11 is 0. The van der Waals surface area contributed by atoms with Crippen molar-refractivity contribution in [3.05, 3.63) is 53.6 Å². The van der Waals surface area contributed by atoms with Crippen LogP contribution in [0.25, 0.3) is 0 Å². The number of carbonyl (C=O) groups excluding carboxylic acids is 1. The van der Waals surface area contributed by atoms with Gasteiger partial charge in [0.15, 0.2) is 0 Å². The molecule has 3 rings (SSSR count). The molecule has 0 unspecified atom stereocenters. The van der Waals surface area contributed by atoms with Gasteiger partial charge < -0.3 is 13.7 Å². The summed E-state index contributed by atoms with van der Waals surface area (Å²) in [6.45, 7) is 0. The lowest BCUT2D eigenvalue weighted by atomic mass is 9.87. The number of fused-ring (bicyclic) bond motifs is 1. The Morgan fingerprint density at radius 3 is 2.04 bits per heavy atom. The van der Waals surface area contributed by atoms with Gasteiger partial charge in [0.25, 0.3) is 0 Å². The van der Waals surface area contributed by atoms with E-state index in [2.05, 4.69) is 13.7 Å². The summed E-state index contributed by atoms with van der Waals surface area (Å²) in [4.78, 5) is 12.4. The summed E-state index contributed by atoms with van der Waals surface area (Å²) in [7, 11) is -8.30. The van der Waals surface area contributed by atoms with E-state index in [0.29, 0.717) is 16.8 Å². The Kier molecular flexibility index (Phi) is 4.82. The van der Waals surface area contributed by atoms with Crippen LogP contribution in [-0.4, -0.2) is 22.7 Å². The van der Waals surface area contributed by atoms with Crippen LogP contribution in [0.1, 0.15) is 17.0 Å². The summed E-state index contributed by atoms with van der Waals surface area (Å²) in [6.07, 6.45) is 0.276. The summed E-state index contributed by atoms with van der Waals surface area (Å²) in [5.41, 5.74) is 1.80. The maximum Gasteiger partial charge on any atom is 0.380 e. The molecule has 0 radical (unpaired) electrons. The van der Waals surface area contributed by atoms with Gasteiger partial charge in [-0.3, -0.25) is 4.79 Å². The first kappa shape index (κ1) is 19.1. The zero-order chi connectivity index (χ0) is 19.8. The Balaban J connectivity index is 1.85.